The third kappa shape index (κ3) is 5.64. The number of rotatable bonds is 6. The Morgan fingerprint density at radius 3 is 2.54 bits per heavy atom. The van der Waals surface area contributed by atoms with Crippen molar-refractivity contribution in [2.75, 3.05) is 19.7 Å². The Kier molecular flexibility index (Phi) is 7.30. The quantitative estimate of drug-likeness (QED) is 0.786. The van der Waals surface area contributed by atoms with E-state index < -0.39 is 0 Å². The lowest BCUT2D eigenvalue weighted by molar-refractivity contribution is -0.149. The number of benzene rings is 1. The fraction of sp³-hybridized carbons (Fsp3) is 0.600. The Balaban J connectivity index is 1.87. The molecule has 0 bridgehead atoms. The second-order valence-corrected chi connectivity index (χ2v) is 6.92. The summed E-state index contributed by atoms with van der Waals surface area (Å²) in [6.07, 6.45) is 1.41. The fourth-order valence-corrected chi connectivity index (χ4v) is 3.07. The van der Waals surface area contributed by atoms with E-state index >= 15 is 0 Å². The summed E-state index contributed by atoms with van der Waals surface area (Å²) < 4.78 is 10.8. The maximum absolute atomic E-state index is 12.5. The summed E-state index contributed by atoms with van der Waals surface area (Å²) in [7, 11) is 0. The molecule has 2 amide bonds. The number of amides is 2. The lowest BCUT2D eigenvalue weighted by atomic mass is 9.97. The lowest BCUT2D eigenvalue weighted by Crippen LogP contribution is -2.46. The van der Waals surface area contributed by atoms with Gasteiger partial charge in [0, 0.05) is 13.1 Å². The summed E-state index contributed by atoms with van der Waals surface area (Å²) in [5.41, 5.74) is 0.998. The summed E-state index contributed by atoms with van der Waals surface area (Å²) in [5.74, 6) is 0.554. The van der Waals surface area contributed by atoms with Gasteiger partial charge in [0.1, 0.15) is 5.75 Å². The van der Waals surface area contributed by atoms with Crippen molar-refractivity contribution in [1.29, 1.82) is 0 Å². The normalized spacial score (nSPS) is 16.3. The van der Waals surface area contributed by atoms with Crippen molar-refractivity contribution in [1.82, 2.24) is 10.2 Å². The van der Waals surface area contributed by atoms with Crippen molar-refractivity contribution in [3.63, 3.8) is 0 Å². The molecule has 1 aromatic rings. The van der Waals surface area contributed by atoms with Gasteiger partial charge in [-0.3, -0.25) is 4.79 Å². The summed E-state index contributed by atoms with van der Waals surface area (Å²) in [6, 6.07) is 7.55. The van der Waals surface area contributed by atoms with Crippen LogP contribution in [0.15, 0.2) is 24.3 Å². The van der Waals surface area contributed by atoms with Gasteiger partial charge in [-0.05, 0) is 58.2 Å². The minimum atomic E-state index is -0.150. The van der Waals surface area contributed by atoms with Gasteiger partial charge >= 0.3 is 12.0 Å². The van der Waals surface area contributed by atoms with Crippen molar-refractivity contribution in [2.24, 2.45) is 5.92 Å². The average molecular weight is 362 g/mol. The zero-order valence-corrected chi connectivity index (χ0v) is 16.2. The van der Waals surface area contributed by atoms with E-state index in [-0.39, 0.29) is 30.1 Å². The van der Waals surface area contributed by atoms with E-state index in [4.69, 9.17) is 9.47 Å². The van der Waals surface area contributed by atoms with Gasteiger partial charge in [-0.2, -0.15) is 0 Å². The Bertz CT molecular complexity index is 610. The maximum Gasteiger partial charge on any atom is 0.317 e. The van der Waals surface area contributed by atoms with Crippen LogP contribution in [0.25, 0.3) is 0 Å². The SMILES string of the molecule is CCOC(=O)C1CCN(C(=O)NC(C)c2cccc(OC(C)C)c2)CC1. The van der Waals surface area contributed by atoms with Gasteiger partial charge in [-0.25, -0.2) is 4.79 Å². The molecule has 1 fully saturated rings. The summed E-state index contributed by atoms with van der Waals surface area (Å²) >= 11 is 0. The van der Waals surface area contributed by atoms with E-state index in [9.17, 15) is 9.59 Å². The van der Waals surface area contributed by atoms with Gasteiger partial charge in [-0.1, -0.05) is 12.1 Å². The van der Waals surface area contributed by atoms with E-state index in [1.54, 1.807) is 4.90 Å². The highest BCUT2D eigenvalue weighted by molar-refractivity contribution is 5.76. The molecule has 1 unspecified atom stereocenters. The third-order valence-electron chi connectivity index (χ3n) is 4.47. The summed E-state index contributed by atoms with van der Waals surface area (Å²) in [6.45, 7) is 9.27. The number of urea groups is 1. The van der Waals surface area contributed by atoms with Crippen LogP contribution in [0.5, 0.6) is 5.75 Å². The van der Waals surface area contributed by atoms with Crippen LogP contribution in [0.2, 0.25) is 0 Å². The van der Waals surface area contributed by atoms with Crippen LogP contribution >= 0.6 is 0 Å². The van der Waals surface area contributed by atoms with Gasteiger partial charge in [0.2, 0.25) is 0 Å². The van der Waals surface area contributed by atoms with E-state index in [0.29, 0.717) is 32.5 Å². The van der Waals surface area contributed by atoms with Crippen molar-refractivity contribution >= 4 is 12.0 Å². The second kappa shape index (κ2) is 9.46. The highest BCUT2D eigenvalue weighted by Gasteiger charge is 2.28. The zero-order chi connectivity index (χ0) is 19.1. The molecule has 26 heavy (non-hydrogen) atoms. The van der Waals surface area contributed by atoms with Crippen molar-refractivity contribution < 1.29 is 19.1 Å². The first-order valence-electron chi connectivity index (χ1n) is 9.39. The molecule has 1 atom stereocenters. The van der Waals surface area contributed by atoms with Crippen molar-refractivity contribution in [3.05, 3.63) is 29.8 Å². The molecule has 1 saturated heterocycles. The largest absolute Gasteiger partial charge is 0.491 e. The molecular weight excluding hydrogens is 332 g/mol. The molecule has 0 aromatic heterocycles. The molecule has 1 aliphatic heterocycles. The molecule has 2 rings (SSSR count). The molecular formula is C20H30N2O4. The maximum atomic E-state index is 12.5. The van der Waals surface area contributed by atoms with E-state index in [1.165, 1.54) is 0 Å². The fourth-order valence-electron chi connectivity index (χ4n) is 3.07. The van der Waals surface area contributed by atoms with Gasteiger partial charge in [0.05, 0.1) is 24.7 Å². The molecule has 6 nitrogen and oxygen atoms in total. The van der Waals surface area contributed by atoms with Gasteiger partial charge in [0.25, 0.3) is 0 Å². The van der Waals surface area contributed by atoms with Crippen LogP contribution in [0.3, 0.4) is 0 Å². The highest BCUT2D eigenvalue weighted by atomic mass is 16.5. The zero-order valence-electron chi connectivity index (χ0n) is 16.2. The van der Waals surface area contributed by atoms with Gasteiger partial charge in [-0.15, -0.1) is 0 Å². The van der Waals surface area contributed by atoms with Crippen LogP contribution in [-0.4, -0.2) is 42.7 Å². The number of nitrogens with one attached hydrogen (secondary N) is 1. The number of ether oxygens (including phenoxy) is 2. The molecule has 1 heterocycles. The van der Waals surface area contributed by atoms with E-state index in [2.05, 4.69) is 5.32 Å². The number of hydrogen-bond donors (Lipinski definition) is 1. The summed E-state index contributed by atoms with van der Waals surface area (Å²) in [5, 5.41) is 3.03. The van der Waals surface area contributed by atoms with Crippen molar-refractivity contribution in [2.45, 2.75) is 52.7 Å². The van der Waals surface area contributed by atoms with Crippen LogP contribution < -0.4 is 10.1 Å². The molecule has 0 aliphatic carbocycles. The third-order valence-corrected chi connectivity index (χ3v) is 4.47. The average Bonchev–Trinajstić information content (AvgIpc) is 2.61. The predicted octanol–water partition coefficient (Wildman–Crippen LogP) is 3.52. The molecule has 0 saturated carbocycles. The van der Waals surface area contributed by atoms with Crippen LogP contribution in [-0.2, 0) is 9.53 Å². The molecule has 0 radical (unpaired) electrons. The Morgan fingerprint density at radius 2 is 1.92 bits per heavy atom. The molecule has 1 aromatic carbocycles. The van der Waals surface area contributed by atoms with Gasteiger partial charge < -0.3 is 19.7 Å². The first kappa shape index (κ1) is 20.1. The second-order valence-electron chi connectivity index (χ2n) is 6.92. The van der Waals surface area contributed by atoms with Crippen LogP contribution in [0.1, 0.15) is 52.1 Å². The number of carbonyl (C=O) groups is 2. The predicted molar refractivity (Wildman–Crippen MR) is 100 cm³/mol. The summed E-state index contributed by atoms with van der Waals surface area (Å²) in [4.78, 5) is 26.1. The molecule has 6 heteroatoms. The topological polar surface area (TPSA) is 67.9 Å². The number of nitrogens with zero attached hydrogens (tertiary/aromatic N) is 1. The standard InChI is InChI=1S/C20H30N2O4/c1-5-25-19(23)16-9-11-22(12-10-16)20(24)21-15(4)17-7-6-8-18(13-17)26-14(2)3/h6-8,13-16H,5,9-12H2,1-4H3,(H,21,24). The van der Waals surface area contributed by atoms with Crippen LogP contribution in [0, 0.1) is 5.92 Å². The minimum Gasteiger partial charge on any atom is -0.491 e. The number of esters is 1. The number of carbonyl (C=O) groups excluding carboxylic acids is 2. The number of likely N-dealkylation sites (tertiary alicyclic amines) is 1. The Hall–Kier alpha value is -2.24. The first-order valence-corrected chi connectivity index (χ1v) is 9.39. The molecule has 1 aliphatic rings. The Labute approximate surface area is 155 Å². The number of piperidine rings is 1. The highest BCUT2D eigenvalue weighted by Crippen LogP contribution is 2.22. The van der Waals surface area contributed by atoms with Crippen molar-refractivity contribution in [3.8, 4) is 5.75 Å². The van der Waals surface area contributed by atoms with E-state index in [1.807, 2.05) is 52.0 Å². The monoisotopic (exact) mass is 362 g/mol. The Morgan fingerprint density at radius 1 is 1.23 bits per heavy atom. The van der Waals surface area contributed by atoms with E-state index in [0.717, 1.165) is 11.3 Å². The first-order chi connectivity index (χ1) is 12.4. The smallest absolute Gasteiger partial charge is 0.317 e. The lowest BCUT2D eigenvalue weighted by Gasteiger charge is -2.32. The molecule has 144 valence electrons. The molecule has 1 N–H and O–H groups in total. The molecule has 0 spiro atoms. The van der Waals surface area contributed by atoms with Crippen LogP contribution in [0.4, 0.5) is 4.79 Å². The minimum absolute atomic E-state index is 0.0960. The number of hydrogen-bond acceptors (Lipinski definition) is 4. The van der Waals surface area contributed by atoms with Gasteiger partial charge in [0.15, 0.2) is 0 Å².